The van der Waals surface area contributed by atoms with Crippen LogP contribution in [0.25, 0.3) is 0 Å². The molecule has 0 atom stereocenters. The first-order chi connectivity index (χ1) is 8.38. The highest BCUT2D eigenvalue weighted by atomic mass is 32.1. The van der Waals surface area contributed by atoms with Gasteiger partial charge in [0, 0.05) is 26.6 Å². The van der Waals surface area contributed by atoms with Gasteiger partial charge in [-0.2, -0.15) is 11.3 Å². The molecule has 2 aromatic heterocycles. The van der Waals surface area contributed by atoms with Gasteiger partial charge >= 0.3 is 0 Å². The molecule has 1 N–H and O–H groups in total. The summed E-state index contributed by atoms with van der Waals surface area (Å²) in [5, 5.41) is 18.0. The number of aromatic nitrogens is 2. The molecule has 4 nitrogen and oxygen atoms in total. The summed E-state index contributed by atoms with van der Waals surface area (Å²) in [7, 11) is 1.70. The molecule has 0 aromatic carbocycles. The van der Waals surface area contributed by atoms with Gasteiger partial charge in [0.15, 0.2) is 0 Å². The van der Waals surface area contributed by atoms with Crippen LogP contribution in [-0.2, 0) is 17.7 Å². The van der Waals surface area contributed by atoms with Crippen molar-refractivity contribution in [3.05, 3.63) is 32.4 Å². The first kappa shape index (κ1) is 12.6. The van der Waals surface area contributed by atoms with Gasteiger partial charge in [0.1, 0.15) is 10.0 Å². The molecule has 2 rings (SSSR count). The highest BCUT2D eigenvalue weighted by Gasteiger charge is 2.05. The summed E-state index contributed by atoms with van der Waals surface area (Å²) in [4.78, 5) is 0. The second-order valence-corrected chi connectivity index (χ2v) is 5.49. The van der Waals surface area contributed by atoms with Crippen LogP contribution in [0.3, 0.4) is 0 Å². The highest BCUT2D eigenvalue weighted by molar-refractivity contribution is 7.11. The molecule has 6 heteroatoms. The molecule has 0 aliphatic heterocycles. The Balaban J connectivity index is 1.79. The number of nitrogens with zero attached hydrogens (tertiary/aromatic N) is 2. The molecule has 2 aromatic rings. The molecule has 17 heavy (non-hydrogen) atoms. The Morgan fingerprint density at radius 2 is 2.24 bits per heavy atom. The van der Waals surface area contributed by atoms with Gasteiger partial charge in [-0.05, 0) is 22.4 Å². The summed E-state index contributed by atoms with van der Waals surface area (Å²) in [6.45, 7) is 2.33. The number of hydrogen-bond donors (Lipinski definition) is 1. The van der Waals surface area contributed by atoms with E-state index >= 15 is 0 Å². The number of thiophene rings is 1. The van der Waals surface area contributed by atoms with Crippen LogP contribution in [0.4, 0.5) is 0 Å². The zero-order chi connectivity index (χ0) is 11.9. The normalized spacial score (nSPS) is 10.9. The molecule has 0 aliphatic rings. The lowest BCUT2D eigenvalue weighted by atomic mass is 10.3. The fourth-order valence-electron chi connectivity index (χ4n) is 1.37. The Morgan fingerprint density at radius 3 is 3.00 bits per heavy atom. The summed E-state index contributed by atoms with van der Waals surface area (Å²) < 4.78 is 4.96. The maximum atomic E-state index is 4.96. The quantitative estimate of drug-likeness (QED) is 0.780. The molecule has 0 aliphatic carbocycles. The molecule has 0 amide bonds. The second-order valence-electron chi connectivity index (χ2n) is 3.57. The smallest absolute Gasteiger partial charge is 0.131 e. The largest absolute Gasteiger partial charge is 0.383 e. The number of nitrogens with one attached hydrogen (secondary N) is 1. The maximum Gasteiger partial charge on any atom is 0.131 e. The van der Waals surface area contributed by atoms with Gasteiger partial charge in [-0.3, -0.25) is 0 Å². The Kier molecular flexibility index (Phi) is 5.06. The van der Waals surface area contributed by atoms with Crippen molar-refractivity contribution < 1.29 is 4.74 Å². The third-order valence-electron chi connectivity index (χ3n) is 2.20. The molecular formula is C11H15N3OS2. The van der Waals surface area contributed by atoms with Gasteiger partial charge < -0.3 is 10.1 Å². The van der Waals surface area contributed by atoms with Crippen LogP contribution in [-0.4, -0.2) is 30.5 Å². The summed E-state index contributed by atoms with van der Waals surface area (Å²) >= 11 is 3.38. The predicted molar refractivity (Wildman–Crippen MR) is 70.6 cm³/mol. The predicted octanol–water partition coefficient (Wildman–Crippen LogP) is 1.93. The Morgan fingerprint density at radius 1 is 1.35 bits per heavy atom. The summed E-state index contributed by atoms with van der Waals surface area (Å²) in [6, 6.07) is 2.13. The van der Waals surface area contributed by atoms with Crippen LogP contribution in [0.15, 0.2) is 16.8 Å². The van der Waals surface area contributed by atoms with E-state index in [0.29, 0.717) is 0 Å². The fraction of sp³-hybridized carbons (Fsp3) is 0.455. The first-order valence-electron chi connectivity index (χ1n) is 5.40. The maximum absolute atomic E-state index is 4.96. The third kappa shape index (κ3) is 4.16. The van der Waals surface area contributed by atoms with Crippen molar-refractivity contribution >= 4 is 22.7 Å². The van der Waals surface area contributed by atoms with Crippen molar-refractivity contribution in [2.24, 2.45) is 0 Å². The minimum atomic E-state index is 0.723. The number of rotatable bonds is 7. The Bertz CT molecular complexity index is 428. The zero-order valence-corrected chi connectivity index (χ0v) is 11.3. The van der Waals surface area contributed by atoms with Crippen LogP contribution in [0.1, 0.15) is 15.6 Å². The van der Waals surface area contributed by atoms with E-state index in [1.807, 2.05) is 0 Å². The molecule has 2 heterocycles. The van der Waals surface area contributed by atoms with Crippen molar-refractivity contribution in [1.29, 1.82) is 0 Å². The van der Waals surface area contributed by atoms with Crippen molar-refractivity contribution in [2.45, 2.75) is 13.0 Å². The second kappa shape index (κ2) is 6.80. The molecule has 0 saturated heterocycles. The molecule has 0 bridgehead atoms. The van der Waals surface area contributed by atoms with E-state index in [9.17, 15) is 0 Å². The molecule has 0 radical (unpaired) electrons. The van der Waals surface area contributed by atoms with E-state index in [1.54, 1.807) is 29.8 Å². The molecular weight excluding hydrogens is 254 g/mol. The lowest BCUT2D eigenvalue weighted by Gasteiger charge is -1.99. The van der Waals surface area contributed by atoms with Crippen molar-refractivity contribution in [3.8, 4) is 0 Å². The van der Waals surface area contributed by atoms with E-state index in [-0.39, 0.29) is 0 Å². The van der Waals surface area contributed by atoms with Gasteiger partial charge in [0.2, 0.25) is 0 Å². The van der Waals surface area contributed by atoms with E-state index in [2.05, 4.69) is 32.3 Å². The standard InChI is InChI=1S/C11H15N3OS2/c1-15-4-3-12-7-11-14-13-10(17-11)6-9-2-5-16-8-9/h2,5,8,12H,3-4,6-7H2,1H3. The van der Waals surface area contributed by atoms with Gasteiger partial charge in [-0.1, -0.05) is 11.3 Å². The fourth-order valence-corrected chi connectivity index (χ4v) is 2.89. The van der Waals surface area contributed by atoms with E-state index < -0.39 is 0 Å². The zero-order valence-electron chi connectivity index (χ0n) is 9.68. The summed E-state index contributed by atoms with van der Waals surface area (Å²) in [6.07, 6.45) is 0.888. The van der Waals surface area contributed by atoms with Crippen LogP contribution >= 0.6 is 22.7 Å². The number of ether oxygens (including phenoxy) is 1. The summed E-state index contributed by atoms with van der Waals surface area (Å²) in [5.74, 6) is 0. The Labute approximate surface area is 109 Å². The van der Waals surface area contributed by atoms with Crippen LogP contribution < -0.4 is 5.32 Å². The van der Waals surface area contributed by atoms with Crippen LogP contribution in [0.2, 0.25) is 0 Å². The minimum Gasteiger partial charge on any atom is -0.383 e. The lowest BCUT2D eigenvalue weighted by Crippen LogP contribution is -2.18. The van der Waals surface area contributed by atoms with Crippen LogP contribution in [0, 0.1) is 0 Å². The minimum absolute atomic E-state index is 0.723. The average Bonchev–Trinajstić information content (AvgIpc) is 2.97. The Hall–Kier alpha value is -0.820. The van der Waals surface area contributed by atoms with E-state index in [1.165, 1.54) is 5.56 Å². The monoisotopic (exact) mass is 269 g/mol. The molecule has 0 fully saturated rings. The van der Waals surface area contributed by atoms with E-state index in [4.69, 9.17) is 4.74 Å². The molecule has 92 valence electrons. The van der Waals surface area contributed by atoms with E-state index in [0.717, 1.165) is 36.1 Å². The van der Waals surface area contributed by atoms with Crippen molar-refractivity contribution in [2.75, 3.05) is 20.3 Å². The molecule has 0 saturated carbocycles. The molecule has 0 spiro atoms. The highest BCUT2D eigenvalue weighted by Crippen LogP contribution is 2.16. The van der Waals surface area contributed by atoms with Crippen molar-refractivity contribution in [3.63, 3.8) is 0 Å². The topological polar surface area (TPSA) is 47.0 Å². The van der Waals surface area contributed by atoms with Gasteiger partial charge in [-0.15, -0.1) is 10.2 Å². The number of hydrogen-bond acceptors (Lipinski definition) is 6. The number of methoxy groups -OCH3 is 1. The average molecular weight is 269 g/mol. The SMILES string of the molecule is COCCNCc1nnc(Cc2ccsc2)s1. The lowest BCUT2D eigenvalue weighted by molar-refractivity contribution is 0.199. The third-order valence-corrected chi connectivity index (χ3v) is 3.86. The van der Waals surface area contributed by atoms with Gasteiger partial charge in [0.25, 0.3) is 0 Å². The van der Waals surface area contributed by atoms with Crippen molar-refractivity contribution in [1.82, 2.24) is 15.5 Å². The van der Waals surface area contributed by atoms with Crippen LogP contribution in [0.5, 0.6) is 0 Å². The van der Waals surface area contributed by atoms with Gasteiger partial charge in [0.05, 0.1) is 6.61 Å². The molecule has 0 unspecified atom stereocenters. The van der Waals surface area contributed by atoms with Gasteiger partial charge in [-0.25, -0.2) is 0 Å². The summed E-state index contributed by atoms with van der Waals surface area (Å²) in [5.41, 5.74) is 1.31. The first-order valence-corrected chi connectivity index (χ1v) is 7.16.